The van der Waals surface area contributed by atoms with Crippen LogP contribution in [0.2, 0.25) is 0 Å². The molecule has 1 aromatic heterocycles. The molecule has 1 aromatic rings. The molecule has 0 bridgehead atoms. The van der Waals surface area contributed by atoms with Crippen LogP contribution in [0.4, 0.5) is 5.13 Å². The molecule has 14 heavy (non-hydrogen) atoms. The normalized spacial score (nSPS) is 27.3. The zero-order chi connectivity index (χ0) is 10.3. The predicted molar refractivity (Wildman–Crippen MR) is 59.0 cm³/mol. The smallest absolute Gasteiger partial charge is 0.185 e. The molecule has 1 fully saturated rings. The fourth-order valence-corrected chi connectivity index (χ4v) is 2.63. The van der Waals surface area contributed by atoms with E-state index in [2.05, 4.69) is 16.8 Å². The van der Waals surface area contributed by atoms with Crippen molar-refractivity contribution < 1.29 is 5.11 Å². The van der Waals surface area contributed by atoms with Crippen LogP contribution in [0.5, 0.6) is 0 Å². The molecule has 3 nitrogen and oxygen atoms in total. The third-order valence-corrected chi connectivity index (χ3v) is 3.87. The van der Waals surface area contributed by atoms with Crippen LogP contribution in [-0.2, 0) is 0 Å². The summed E-state index contributed by atoms with van der Waals surface area (Å²) in [6.07, 6.45) is 0.838. The minimum atomic E-state index is -0.534. The summed E-state index contributed by atoms with van der Waals surface area (Å²) in [6, 6.07) is 0. The molecule has 2 heterocycles. The molecule has 1 N–H and O–H groups in total. The number of thiazole rings is 1. The van der Waals surface area contributed by atoms with Gasteiger partial charge in [-0.25, -0.2) is 4.98 Å². The summed E-state index contributed by atoms with van der Waals surface area (Å²) in [6.45, 7) is 7.63. The summed E-state index contributed by atoms with van der Waals surface area (Å²) in [5, 5.41) is 10.9. The molecule has 0 aliphatic carbocycles. The summed E-state index contributed by atoms with van der Waals surface area (Å²) in [4.78, 5) is 7.93. The van der Waals surface area contributed by atoms with Crippen LogP contribution in [0, 0.1) is 13.8 Å². The average molecular weight is 212 g/mol. The van der Waals surface area contributed by atoms with E-state index < -0.39 is 5.60 Å². The zero-order valence-corrected chi connectivity index (χ0v) is 9.69. The Kier molecular flexibility index (Phi) is 2.27. The number of anilines is 1. The lowest BCUT2D eigenvalue weighted by molar-refractivity contribution is 0.0839. The molecule has 1 aliphatic rings. The highest BCUT2D eigenvalue weighted by molar-refractivity contribution is 7.15. The number of aromatic nitrogens is 1. The Balaban J connectivity index is 2.17. The molecule has 1 saturated heterocycles. The second kappa shape index (κ2) is 3.21. The Bertz CT molecular complexity index is 326. The molecule has 4 heteroatoms. The first-order chi connectivity index (χ1) is 6.48. The second-order valence-corrected chi connectivity index (χ2v) is 5.49. The average Bonchev–Trinajstić information content (AvgIpc) is 2.57. The number of nitrogens with zero attached hydrogens (tertiary/aromatic N) is 2. The van der Waals surface area contributed by atoms with E-state index in [1.807, 2.05) is 13.8 Å². The van der Waals surface area contributed by atoms with E-state index in [9.17, 15) is 5.11 Å². The standard InChI is InChI=1S/C10H16N2OS/c1-7-8(2)14-9(11-7)12-5-4-10(3,13)6-12/h13H,4-6H2,1-3H3. The second-order valence-electron chi connectivity index (χ2n) is 4.31. The summed E-state index contributed by atoms with van der Waals surface area (Å²) in [5.74, 6) is 0. The van der Waals surface area contributed by atoms with Gasteiger partial charge in [0.25, 0.3) is 0 Å². The molecule has 0 spiro atoms. The van der Waals surface area contributed by atoms with Crippen LogP contribution in [0.1, 0.15) is 23.9 Å². The molecule has 0 amide bonds. The van der Waals surface area contributed by atoms with Crippen LogP contribution < -0.4 is 4.90 Å². The van der Waals surface area contributed by atoms with Crippen molar-refractivity contribution in [1.82, 2.24) is 4.98 Å². The van der Waals surface area contributed by atoms with E-state index in [-0.39, 0.29) is 0 Å². The minimum Gasteiger partial charge on any atom is -0.388 e. The van der Waals surface area contributed by atoms with Crippen molar-refractivity contribution in [1.29, 1.82) is 0 Å². The monoisotopic (exact) mass is 212 g/mol. The Morgan fingerprint density at radius 1 is 1.50 bits per heavy atom. The zero-order valence-electron chi connectivity index (χ0n) is 8.87. The maximum atomic E-state index is 9.84. The van der Waals surface area contributed by atoms with Gasteiger partial charge in [0.15, 0.2) is 5.13 Å². The fourth-order valence-electron chi connectivity index (χ4n) is 1.70. The third-order valence-electron chi connectivity index (χ3n) is 2.74. The molecule has 1 unspecified atom stereocenters. The molecule has 0 aromatic carbocycles. The van der Waals surface area contributed by atoms with Gasteiger partial charge in [0, 0.05) is 18.0 Å². The Hall–Kier alpha value is -0.610. The van der Waals surface area contributed by atoms with E-state index in [0.717, 1.165) is 23.8 Å². The van der Waals surface area contributed by atoms with E-state index in [1.54, 1.807) is 11.3 Å². The first kappa shape index (κ1) is 9.93. The molecule has 2 rings (SSSR count). The maximum absolute atomic E-state index is 9.84. The number of aliphatic hydroxyl groups is 1. The quantitative estimate of drug-likeness (QED) is 0.770. The molecule has 78 valence electrons. The van der Waals surface area contributed by atoms with Gasteiger partial charge in [-0.1, -0.05) is 0 Å². The fraction of sp³-hybridized carbons (Fsp3) is 0.700. The van der Waals surface area contributed by atoms with Gasteiger partial charge in [-0.05, 0) is 27.2 Å². The molecule has 1 atom stereocenters. The van der Waals surface area contributed by atoms with Crippen molar-refractivity contribution in [3.8, 4) is 0 Å². The minimum absolute atomic E-state index is 0.534. The Labute approximate surface area is 88.4 Å². The summed E-state index contributed by atoms with van der Waals surface area (Å²) < 4.78 is 0. The van der Waals surface area contributed by atoms with Gasteiger partial charge in [0.2, 0.25) is 0 Å². The van der Waals surface area contributed by atoms with Crippen molar-refractivity contribution in [3.63, 3.8) is 0 Å². The number of hydrogen-bond donors (Lipinski definition) is 1. The predicted octanol–water partition coefficient (Wildman–Crippen LogP) is 1.72. The maximum Gasteiger partial charge on any atom is 0.185 e. The summed E-state index contributed by atoms with van der Waals surface area (Å²) in [7, 11) is 0. The van der Waals surface area contributed by atoms with E-state index in [1.165, 1.54) is 4.88 Å². The summed E-state index contributed by atoms with van der Waals surface area (Å²) in [5.41, 5.74) is 0.574. The Morgan fingerprint density at radius 2 is 2.21 bits per heavy atom. The van der Waals surface area contributed by atoms with Crippen LogP contribution in [0.25, 0.3) is 0 Å². The van der Waals surface area contributed by atoms with Gasteiger partial charge in [-0.3, -0.25) is 0 Å². The molecule has 1 aliphatic heterocycles. The number of rotatable bonds is 1. The van der Waals surface area contributed by atoms with Crippen LogP contribution >= 0.6 is 11.3 Å². The van der Waals surface area contributed by atoms with Gasteiger partial charge in [-0.15, -0.1) is 11.3 Å². The molecule has 0 saturated carbocycles. The van der Waals surface area contributed by atoms with E-state index in [4.69, 9.17) is 0 Å². The van der Waals surface area contributed by atoms with Crippen LogP contribution in [0.15, 0.2) is 0 Å². The first-order valence-electron chi connectivity index (χ1n) is 4.89. The molecular formula is C10H16N2OS. The van der Waals surface area contributed by atoms with Gasteiger partial charge >= 0.3 is 0 Å². The highest BCUT2D eigenvalue weighted by Crippen LogP contribution is 2.30. The lowest BCUT2D eigenvalue weighted by atomic mass is 10.1. The first-order valence-corrected chi connectivity index (χ1v) is 5.71. The van der Waals surface area contributed by atoms with E-state index in [0.29, 0.717) is 6.54 Å². The Morgan fingerprint density at radius 3 is 2.64 bits per heavy atom. The topological polar surface area (TPSA) is 36.4 Å². The lowest BCUT2D eigenvalue weighted by Crippen LogP contribution is -2.29. The highest BCUT2D eigenvalue weighted by Gasteiger charge is 2.32. The van der Waals surface area contributed by atoms with Crippen molar-refractivity contribution >= 4 is 16.5 Å². The third kappa shape index (κ3) is 1.77. The number of aryl methyl sites for hydroxylation is 2. The molecule has 0 radical (unpaired) electrons. The van der Waals surface area contributed by atoms with Crippen LogP contribution in [-0.4, -0.2) is 28.8 Å². The lowest BCUT2D eigenvalue weighted by Gasteiger charge is -2.17. The molecular weight excluding hydrogens is 196 g/mol. The van der Waals surface area contributed by atoms with Crippen molar-refractivity contribution in [2.24, 2.45) is 0 Å². The largest absolute Gasteiger partial charge is 0.388 e. The SMILES string of the molecule is Cc1nc(N2CCC(C)(O)C2)sc1C. The van der Waals surface area contributed by atoms with Crippen LogP contribution in [0.3, 0.4) is 0 Å². The summed E-state index contributed by atoms with van der Waals surface area (Å²) >= 11 is 1.72. The van der Waals surface area contributed by atoms with Gasteiger partial charge < -0.3 is 10.0 Å². The highest BCUT2D eigenvalue weighted by atomic mass is 32.1. The van der Waals surface area contributed by atoms with E-state index >= 15 is 0 Å². The van der Waals surface area contributed by atoms with Gasteiger partial charge in [0.1, 0.15) is 0 Å². The van der Waals surface area contributed by atoms with Gasteiger partial charge in [0.05, 0.1) is 11.3 Å². The van der Waals surface area contributed by atoms with Gasteiger partial charge in [-0.2, -0.15) is 0 Å². The number of hydrogen-bond acceptors (Lipinski definition) is 4. The van der Waals surface area contributed by atoms with Crippen molar-refractivity contribution in [2.45, 2.75) is 32.8 Å². The van der Waals surface area contributed by atoms with Crippen molar-refractivity contribution in [2.75, 3.05) is 18.0 Å². The van der Waals surface area contributed by atoms with Crippen molar-refractivity contribution in [3.05, 3.63) is 10.6 Å². The number of β-amino-alcohol motifs (C(OH)–C–C–N with tert-alkyl or cyclic N) is 1.